The number of pyridine rings is 1. The second-order valence-electron chi connectivity index (χ2n) is 3.65. The monoisotopic (exact) mass is 267 g/mol. The van der Waals surface area contributed by atoms with Crippen molar-refractivity contribution >= 4 is 17.3 Å². The molecule has 0 bridgehead atoms. The molecule has 0 spiro atoms. The molecule has 0 unspecified atom stereocenters. The average Bonchev–Trinajstić information content (AvgIpc) is 2.36. The van der Waals surface area contributed by atoms with Crippen molar-refractivity contribution in [2.75, 3.05) is 11.1 Å². The molecule has 7 heteroatoms. The molecular weight excluding hydrogens is 259 g/mol. The number of rotatable bonds is 2. The molecule has 0 radical (unpaired) electrons. The van der Waals surface area contributed by atoms with E-state index in [1.807, 2.05) is 0 Å². The Morgan fingerprint density at radius 1 is 1.21 bits per heavy atom. The normalized spacial score (nSPS) is 10.3. The van der Waals surface area contributed by atoms with Crippen molar-refractivity contribution in [2.24, 2.45) is 0 Å². The zero-order valence-electron chi connectivity index (χ0n) is 9.45. The van der Waals surface area contributed by atoms with Crippen LogP contribution >= 0.6 is 0 Å². The molecule has 0 saturated heterocycles. The molecule has 0 aliphatic heterocycles. The van der Waals surface area contributed by atoms with Crippen LogP contribution in [0.5, 0.6) is 0 Å². The number of nitrogens with one attached hydrogen (secondary N) is 1. The molecular formula is C12H8F3N3O. The number of nitrogen functional groups attached to an aromatic ring is 1. The van der Waals surface area contributed by atoms with E-state index in [1.54, 1.807) is 0 Å². The first-order valence-electron chi connectivity index (χ1n) is 5.15. The van der Waals surface area contributed by atoms with E-state index in [1.165, 1.54) is 18.3 Å². The summed E-state index contributed by atoms with van der Waals surface area (Å²) in [4.78, 5) is 15.5. The Morgan fingerprint density at radius 3 is 2.42 bits per heavy atom. The molecule has 2 aromatic rings. The van der Waals surface area contributed by atoms with Gasteiger partial charge in [0.25, 0.3) is 5.91 Å². The summed E-state index contributed by atoms with van der Waals surface area (Å²) in [6.45, 7) is 0. The highest BCUT2D eigenvalue weighted by molar-refractivity contribution is 6.06. The van der Waals surface area contributed by atoms with Gasteiger partial charge in [-0.1, -0.05) is 0 Å². The number of carbonyl (C=O) groups is 1. The largest absolute Gasteiger partial charge is 0.397 e. The topological polar surface area (TPSA) is 68.0 Å². The van der Waals surface area contributed by atoms with Gasteiger partial charge in [0, 0.05) is 24.0 Å². The molecule has 1 heterocycles. The summed E-state index contributed by atoms with van der Waals surface area (Å²) in [7, 11) is 0. The van der Waals surface area contributed by atoms with Crippen molar-refractivity contribution in [2.45, 2.75) is 0 Å². The van der Waals surface area contributed by atoms with Crippen LogP contribution in [0.15, 0.2) is 30.5 Å². The first-order valence-corrected chi connectivity index (χ1v) is 5.15. The summed E-state index contributed by atoms with van der Waals surface area (Å²) in [5, 5.41) is 2.18. The fourth-order valence-corrected chi connectivity index (χ4v) is 1.43. The number of nitrogens with zero attached hydrogens (tertiary/aromatic N) is 1. The molecule has 19 heavy (non-hydrogen) atoms. The highest BCUT2D eigenvalue weighted by Gasteiger charge is 2.15. The molecule has 0 aliphatic rings. The zero-order valence-corrected chi connectivity index (χ0v) is 9.45. The third-order valence-corrected chi connectivity index (χ3v) is 2.30. The zero-order chi connectivity index (χ0) is 14.0. The molecule has 1 amide bonds. The van der Waals surface area contributed by atoms with E-state index in [4.69, 9.17) is 5.73 Å². The molecule has 1 aromatic carbocycles. The maximum Gasteiger partial charge on any atom is 0.276 e. The number of hydrogen-bond acceptors (Lipinski definition) is 3. The first kappa shape index (κ1) is 12.9. The Labute approximate surface area is 106 Å². The Morgan fingerprint density at radius 2 is 1.84 bits per heavy atom. The third kappa shape index (κ3) is 2.65. The number of aromatic nitrogens is 1. The number of hydrogen-bond donors (Lipinski definition) is 2. The second-order valence-corrected chi connectivity index (χ2v) is 3.65. The number of carbonyl (C=O) groups excluding carboxylic acids is 1. The van der Waals surface area contributed by atoms with E-state index in [2.05, 4.69) is 10.3 Å². The maximum absolute atomic E-state index is 13.0. The van der Waals surface area contributed by atoms with Crippen LogP contribution in [0.4, 0.5) is 24.5 Å². The van der Waals surface area contributed by atoms with Crippen LogP contribution < -0.4 is 11.1 Å². The smallest absolute Gasteiger partial charge is 0.276 e. The lowest BCUT2D eigenvalue weighted by Crippen LogP contribution is -2.16. The van der Waals surface area contributed by atoms with Crippen LogP contribution in [0, 0.1) is 17.5 Å². The Balaban J connectivity index is 2.27. The Kier molecular flexibility index (Phi) is 3.37. The highest BCUT2D eigenvalue weighted by Crippen LogP contribution is 2.18. The van der Waals surface area contributed by atoms with E-state index in [0.29, 0.717) is 12.1 Å². The fraction of sp³-hybridized carbons (Fsp3) is 0. The SMILES string of the molecule is Nc1cccnc1C(=O)Nc1cc(F)c(F)c(F)c1. The van der Waals surface area contributed by atoms with E-state index < -0.39 is 23.4 Å². The fourth-order valence-electron chi connectivity index (χ4n) is 1.43. The van der Waals surface area contributed by atoms with Crippen LogP contribution in [-0.2, 0) is 0 Å². The lowest BCUT2D eigenvalue weighted by atomic mass is 10.2. The van der Waals surface area contributed by atoms with Gasteiger partial charge in [0.2, 0.25) is 0 Å². The number of halogens is 3. The van der Waals surface area contributed by atoms with Crippen molar-refractivity contribution in [3.8, 4) is 0 Å². The molecule has 0 aliphatic carbocycles. The lowest BCUT2D eigenvalue weighted by Gasteiger charge is -2.07. The molecule has 0 atom stereocenters. The van der Waals surface area contributed by atoms with Gasteiger partial charge in [-0.15, -0.1) is 0 Å². The minimum Gasteiger partial charge on any atom is -0.397 e. The van der Waals surface area contributed by atoms with Gasteiger partial charge < -0.3 is 11.1 Å². The van der Waals surface area contributed by atoms with Gasteiger partial charge >= 0.3 is 0 Å². The standard InChI is InChI=1S/C12H8F3N3O/c13-7-4-6(5-8(14)10(7)15)18-12(19)11-9(16)2-1-3-17-11/h1-5H,16H2,(H,18,19). The molecule has 0 fully saturated rings. The first-order chi connectivity index (χ1) is 8.99. The molecule has 4 nitrogen and oxygen atoms in total. The maximum atomic E-state index is 13.0. The minimum absolute atomic E-state index is 0.0901. The molecule has 1 aromatic heterocycles. The van der Waals surface area contributed by atoms with E-state index in [0.717, 1.165) is 0 Å². The van der Waals surface area contributed by atoms with Crippen LogP contribution in [0.3, 0.4) is 0 Å². The van der Waals surface area contributed by atoms with Gasteiger partial charge in [-0.2, -0.15) is 0 Å². The summed E-state index contributed by atoms with van der Waals surface area (Å²) in [6.07, 6.45) is 1.34. The minimum atomic E-state index is -1.60. The second kappa shape index (κ2) is 4.97. The predicted octanol–water partition coefficient (Wildman–Crippen LogP) is 2.33. The Hall–Kier alpha value is -2.57. The quantitative estimate of drug-likeness (QED) is 0.820. The van der Waals surface area contributed by atoms with Crippen LogP contribution in [0.25, 0.3) is 0 Å². The summed E-state index contributed by atoms with van der Waals surface area (Å²) in [5.74, 6) is -5.15. The van der Waals surface area contributed by atoms with Crippen molar-refractivity contribution in [1.29, 1.82) is 0 Å². The van der Waals surface area contributed by atoms with Gasteiger partial charge in [0.15, 0.2) is 23.1 Å². The Bertz CT molecular complexity index is 623. The molecule has 3 N–H and O–H groups in total. The van der Waals surface area contributed by atoms with Crippen LogP contribution in [0.2, 0.25) is 0 Å². The van der Waals surface area contributed by atoms with E-state index in [9.17, 15) is 18.0 Å². The van der Waals surface area contributed by atoms with Crippen LogP contribution in [0.1, 0.15) is 10.5 Å². The van der Waals surface area contributed by atoms with Gasteiger partial charge in [0.1, 0.15) is 0 Å². The van der Waals surface area contributed by atoms with Crippen molar-refractivity contribution < 1.29 is 18.0 Å². The van der Waals surface area contributed by atoms with Gasteiger partial charge in [-0.3, -0.25) is 4.79 Å². The molecule has 0 saturated carbocycles. The predicted molar refractivity (Wildman–Crippen MR) is 62.9 cm³/mol. The van der Waals surface area contributed by atoms with Gasteiger partial charge in [-0.05, 0) is 12.1 Å². The lowest BCUT2D eigenvalue weighted by molar-refractivity contribution is 0.102. The van der Waals surface area contributed by atoms with Crippen molar-refractivity contribution in [3.63, 3.8) is 0 Å². The molecule has 98 valence electrons. The van der Waals surface area contributed by atoms with Gasteiger partial charge in [-0.25, -0.2) is 18.2 Å². The van der Waals surface area contributed by atoms with E-state index in [-0.39, 0.29) is 17.1 Å². The number of anilines is 2. The number of amides is 1. The summed E-state index contributed by atoms with van der Waals surface area (Å²) < 4.78 is 38.7. The highest BCUT2D eigenvalue weighted by atomic mass is 19.2. The van der Waals surface area contributed by atoms with Crippen molar-refractivity contribution in [1.82, 2.24) is 4.98 Å². The molecule has 2 rings (SSSR count). The van der Waals surface area contributed by atoms with E-state index >= 15 is 0 Å². The third-order valence-electron chi connectivity index (χ3n) is 2.30. The summed E-state index contributed by atoms with van der Waals surface area (Å²) in [6, 6.07) is 4.31. The van der Waals surface area contributed by atoms with Crippen LogP contribution in [-0.4, -0.2) is 10.9 Å². The van der Waals surface area contributed by atoms with Crippen molar-refractivity contribution in [3.05, 3.63) is 53.6 Å². The average molecular weight is 267 g/mol. The summed E-state index contributed by atoms with van der Waals surface area (Å²) >= 11 is 0. The van der Waals surface area contributed by atoms with Gasteiger partial charge in [0.05, 0.1) is 5.69 Å². The number of benzene rings is 1. The summed E-state index contributed by atoms with van der Waals surface area (Å²) in [5.41, 5.74) is 5.32. The number of nitrogens with two attached hydrogens (primary N) is 1.